The van der Waals surface area contributed by atoms with Crippen LogP contribution in [0.5, 0.6) is 5.75 Å². The summed E-state index contributed by atoms with van der Waals surface area (Å²) >= 11 is 0. The van der Waals surface area contributed by atoms with Gasteiger partial charge in [-0.25, -0.2) is 0 Å². The largest absolute Gasteiger partial charge is 0.506 e. The monoisotopic (exact) mass is 335 g/mol. The van der Waals surface area contributed by atoms with Crippen molar-refractivity contribution in [3.05, 3.63) is 70.5 Å². The Bertz CT molecular complexity index is 1050. The predicted octanol–water partition coefficient (Wildman–Crippen LogP) is 1.69. The van der Waals surface area contributed by atoms with Crippen LogP contribution < -0.4 is 17.0 Å². The lowest BCUT2D eigenvalue weighted by atomic mass is 10.1. The molecule has 0 unspecified atom stereocenters. The number of nitrogens with zero attached hydrogens (tertiary/aromatic N) is 3. The number of hydrogen-bond acceptors (Lipinski definition) is 4. The normalized spacial score (nSPS) is 11.5. The molecule has 0 aliphatic carbocycles. The van der Waals surface area contributed by atoms with E-state index < -0.39 is 5.56 Å². The van der Waals surface area contributed by atoms with Crippen LogP contribution in [0.15, 0.2) is 69.6 Å². The molecular formula is C18H17N5O2. The Hall–Kier alpha value is -3.61. The molecule has 126 valence electrons. The first-order chi connectivity index (χ1) is 12.0. The predicted molar refractivity (Wildman–Crippen MR) is 99.2 cm³/mol. The molecule has 0 fully saturated rings. The van der Waals surface area contributed by atoms with Gasteiger partial charge in [0, 0.05) is 11.1 Å². The average Bonchev–Trinajstić information content (AvgIpc) is 2.61. The van der Waals surface area contributed by atoms with E-state index in [2.05, 4.69) is 10.2 Å². The summed E-state index contributed by atoms with van der Waals surface area (Å²) < 4.78 is 1.53. The molecule has 25 heavy (non-hydrogen) atoms. The van der Waals surface area contributed by atoms with E-state index >= 15 is 0 Å². The van der Waals surface area contributed by atoms with E-state index in [9.17, 15) is 9.90 Å². The molecule has 7 heteroatoms. The van der Waals surface area contributed by atoms with Crippen LogP contribution >= 0.6 is 0 Å². The van der Waals surface area contributed by atoms with Crippen molar-refractivity contribution in [1.29, 1.82) is 0 Å². The molecule has 0 radical (unpaired) electrons. The Kier molecular flexibility index (Phi) is 4.21. The Morgan fingerprint density at radius 1 is 1.00 bits per heavy atom. The van der Waals surface area contributed by atoms with Gasteiger partial charge in [-0.1, -0.05) is 30.3 Å². The minimum atomic E-state index is -0.408. The van der Waals surface area contributed by atoms with Crippen molar-refractivity contribution >= 4 is 22.6 Å². The lowest BCUT2D eigenvalue weighted by Gasteiger charge is -2.14. The molecule has 3 rings (SSSR count). The maximum absolute atomic E-state index is 13.1. The molecule has 0 aliphatic rings. The van der Waals surface area contributed by atoms with Crippen LogP contribution in [0.1, 0.15) is 12.5 Å². The van der Waals surface area contributed by atoms with E-state index in [0.29, 0.717) is 16.6 Å². The van der Waals surface area contributed by atoms with E-state index in [0.717, 1.165) is 0 Å². The summed E-state index contributed by atoms with van der Waals surface area (Å²) in [5, 5.41) is 18.6. The van der Waals surface area contributed by atoms with Crippen molar-refractivity contribution in [1.82, 2.24) is 4.57 Å². The van der Waals surface area contributed by atoms with E-state index in [1.54, 1.807) is 31.2 Å². The molecule has 2 aromatic carbocycles. The molecule has 0 saturated heterocycles. The summed E-state index contributed by atoms with van der Waals surface area (Å²) in [6.45, 7) is 1.56. The van der Waals surface area contributed by atoms with Gasteiger partial charge in [-0.2, -0.15) is 5.10 Å². The van der Waals surface area contributed by atoms with E-state index in [1.807, 2.05) is 30.3 Å². The van der Waals surface area contributed by atoms with Crippen LogP contribution in [0.4, 0.5) is 0 Å². The lowest BCUT2D eigenvalue weighted by Crippen LogP contribution is -2.26. The number of benzene rings is 2. The first-order valence-corrected chi connectivity index (χ1v) is 7.56. The maximum Gasteiger partial charge on any atom is 0.268 e. The molecular weight excluding hydrogens is 318 g/mol. The Morgan fingerprint density at radius 2 is 1.64 bits per heavy atom. The smallest absolute Gasteiger partial charge is 0.268 e. The van der Waals surface area contributed by atoms with E-state index in [4.69, 9.17) is 11.5 Å². The summed E-state index contributed by atoms with van der Waals surface area (Å²) in [5.41, 5.74) is 11.7. The molecule has 5 N–H and O–H groups in total. The zero-order valence-electron chi connectivity index (χ0n) is 13.5. The SMILES string of the molecule is C/C(=N\N=C(N)N)c1c(O)c2ccccc2n(-c2ccccc2)c1=O. The number of para-hydroxylation sites is 2. The minimum absolute atomic E-state index is 0.0487. The highest BCUT2D eigenvalue weighted by atomic mass is 16.3. The average molecular weight is 335 g/mol. The van der Waals surface area contributed by atoms with Crippen molar-refractivity contribution in [2.24, 2.45) is 21.7 Å². The Labute approximate surface area is 143 Å². The summed E-state index contributed by atoms with van der Waals surface area (Å²) in [7, 11) is 0. The first-order valence-electron chi connectivity index (χ1n) is 7.56. The van der Waals surface area contributed by atoms with Crippen molar-refractivity contribution < 1.29 is 5.11 Å². The number of fused-ring (bicyclic) bond motifs is 1. The fourth-order valence-corrected chi connectivity index (χ4v) is 2.67. The van der Waals surface area contributed by atoms with Crippen LogP contribution in [0.3, 0.4) is 0 Å². The number of hydrogen-bond donors (Lipinski definition) is 3. The van der Waals surface area contributed by atoms with Crippen molar-refractivity contribution in [2.45, 2.75) is 6.92 Å². The molecule has 0 saturated carbocycles. The lowest BCUT2D eigenvalue weighted by molar-refractivity contribution is 0.478. The highest BCUT2D eigenvalue weighted by molar-refractivity contribution is 6.05. The van der Waals surface area contributed by atoms with Gasteiger partial charge in [-0.3, -0.25) is 9.36 Å². The quantitative estimate of drug-likeness (QED) is 0.383. The summed E-state index contributed by atoms with van der Waals surface area (Å²) in [5.74, 6) is -0.386. The third-order valence-corrected chi connectivity index (χ3v) is 3.75. The number of pyridine rings is 1. The van der Waals surface area contributed by atoms with Crippen LogP contribution in [0, 0.1) is 0 Å². The third kappa shape index (κ3) is 2.94. The van der Waals surface area contributed by atoms with Gasteiger partial charge in [0.1, 0.15) is 11.3 Å². The van der Waals surface area contributed by atoms with Crippen LogP contribution in [0.25, 0.3) is 16.6 Å². The standard InChI is InChI=1S/C18H17N5O2/c1-11(21-22-18(19)20)15-16(24)13-9-5-6-10-14(13)23(17(15)25)12-7-3-2-4-8-12/h2-10,24H,1H3,(H4,19,20,22)/b21-11+. The summed E-state index contributed by atoms with van der Waals surface area (Å²) in [6.07, 6.45) is 0. The molecule has 0 amide bonds. The Morgan fingerprint density at radius 3 is 2.32 bits per heavy atom. The van der Waals surface area contributed by atoms with Crippen molar-refractivity contribution in [3.63, 3.8) is 0 Å². The molecule has 3 aromatic rings. The highest BCUT2D eigenvalue weighted by Crippen LogP contribution is 2.28. The van der Waals surface area contributed by atoms with Gasteiger partial charge in [-0.05, 0) is 31.2 Å². The molecule has 0 spiro atoms. The van der Waals surface area contributed by atoms with Crippen molar-refractivity contribution in [2.75, 3.05) is 0 Å². The Balaban J connectivity index is 2.42. The van der Waals surface area contributed by atoms with Crippen LogP contribution in [-0.2, 0) is 0 Å². The van der Waals surface area contributed by atoms with Crippen LogP contribution in [0.2, 0.25) is 0 Å². The second-order valence-electron chi connectivity index (χ2n) is 5.43. The summed E-state index contributed by atoms with van der Waals surface area (Å²) in [4.78, 5) is 13.1. The van der Waals surface area contributed by atoms with E-state index in [1.165, 1.54) is 4.57 Å². The number of guanidine groups is 1. The maximum atomic E-state index is 13.1. The first kappa shape index (κ1) is 16.3. The fraction of sp³-hybridized carbons (Fsp3) is 0.0556. The van der Waals surface area contributed by atoms with E-state index in [-0.39, 0.29) is 23.0 Å². The van der Waals surface area contributed by atoms with Gasteiger partial charge >= 0.3 is 0 Å². The molecule has 7 nitrogen and oxygen atoms in total. The number of aromatic hydroxyl groups is 1. The van der Waals surface area contributed by atoms with Gasteiger partial charge < -0.3 is 16.6 Å². The zero-order valence-corrected chi connectivity index (χ0v) is 13.5. The topological polar surface area (TPSA) is 119 Å². The van der Waals surface area contributed by atoms with Crippen molar-refractivity contribution in [3.8, 4) is 11.4 Å². The number of nitrogens with two attached hydrogens (primary N) is 2. The van der Waals surface area contributed by atoms with Gasteiger partial charge in [0.15, 0.2) is 0 Å². The van der Waals surface area contributed by atoms with Gasteiger partial charge in [-0.15, -0.1) is 5.10 Å². The third-order valence-electron chi connectivity index (χ3n) is 3.75. The number of rotatable bonds is 3. The molecule has 0 bridgehead atoms. The minimum Gasteiger partial charge on any atom is -0.506 e. The highest BCUT2D eigenvalue weighted by Gasteiger charge is 2.19. The second kappa shape index (κ2) is 6.48. The van der Waals surface area contributed by atoms with Gasteiger partial charge in [0.2, 0.25) is 5.96 Å². The van der Waals surface area contributed by atoms with Gasteiger partial charge in [0.25, 0.3) is 5.56 Å². The number of aromatic nitrogens is 1. The molecule has 0 atom stereocenters. The second-order valence-corrected chi connectivity index (χ2v) is 5.43. The molecule has 1 aromatic heterocycles. The fourth-order valence-electron chi connectivity index (χ4n) is 2.67. The zero-order chi connectivity index (χ0) is 18.0. The van der Waals surface area contributed by atoms with Gasteiger partial charge in [0.05, 0.1) is 11.2 Å². The molecule has 1 heterocycles. The molecule has 0 aliphatic heterocycles. The summed E-state index contributed by atoms with van der Waals surface area (Å²) in [6, 6.07) is 16.3. The van der Waals surface area contributed by atoms with Crippen LogP contribution in [-0.4, -0.2) is 21.3 Å².